The van der Waals surface area contributed by atoms with E-state index in [4.69, 9.17) is 10.4 Å². The van der Waals surface area contributed by atoms with Crippen molar-refractivity contribution in [1.82, 2.24) is 9.78 Å². The van der Waals surface area contributed by atoms with E-state index in [-0.39, 0.29) is 6.54 Å². The second kappa shape index (κ2) is 5.01. The first-order valence-electron chi connectivity index (χ1n) is 5.21. The van der Waals surface area contributed by atoms with Gasteiger partial charge in [0.2, 0.25) is 0 Å². The molecule has 90 valence electrons. The Morgan fingerprint density at radius 2 is 2.11 bits per heavy atom. The van der Waals surface area contributed by atoms with Crippen LogP contribution in [0.25, 0.3) is 5.69 Å². The van der Waals surface area contributed by atoms with Crippen LogP contribution in [-0.2, 0) is 0 Å². The molecule has 0 unspecified atom stereocenters. The number of nitrogens with zero attached hydrogens (tertiary/aromatic N) is 4. The molecule has 2 aromatic rings. The van der Waals surface area contributed by atoms with Gasteiger partial charge in [-0.05, 0) is 12.1 Å². The van der Waals surface area contributed by atoms with Crippen molar-refractivity contribution in [2.45, 2.75) is 0 Å². The number of nitriles is 1. The molecule has 0 atom stereocenters. The molecule has 0 bridgehead atoms. The number of aromatic nitrogens is 2. The maximum atomic E-state index is 11.1. The highest BCUT2D eigenvalue weighted by atomic mass is 16.4. The van der Waals surface area contributed by atoms with Crippen LogP contribution in [0.4, 0.5) is 10.6 Å². The Hall–Kier alpha value is -2.81. The highest BCUT2D eigenvalue weighted by molar-refractivity contribution is 5.85. The average Bonchev–Trinajstić information content (AvgIpc) is 2.85. The van der Waals surface area contributed by atoms with E-state index in [0.717, 1.165) is 10.6 Å². The minimum absolute atomic E-state index is 0.242. The van der Waals surface area contributed by atoms with Gasteiger partial charge >= 0.3 is 6.09 Å². The summed E-state index contributed by atoms with van der Waals surface area (Å²) in [6.07, 6.45) is 0.310. The highest BCUT2D eigenvalue weighted by Gasteiger charge is 2.18. The summed E-state index contributed by atoms with van der Waals surface area (Å²) >= 11 is 0. The lowest BCUT2D eigenvalue weighted by atomic mass is 10.3. The molecule has 0 fully saturated rings. The van der Waals surface area contributed by atoms with Crippen molar-refractivity contribution in [2.75, 3.05) is 11.4 Å². The summed E-state index contributed by atoms with van der Waals surface area (Å²) in [7, 11) is 0. The van der Waals surface area contributed by atoms with Crippen LogP contribution < -0.4 is 4.90 Å². The SMILES string of the molecule is N#CCN(C(=O)O)c1ccnn1-c1ccccc1. The number of carboxylic acid groups (broad SMARTS) is 1. The Balaban J connectivity index is 2.45. The van der Waals surface area contributed by atoms with E-state index in [2.05, 4.69) is 5.10 Å². The molecule has 0 spiro atoms. The van der Waals surface area contributed by atoms with Crippen LogP contribution in [0, 0.1) is 11.3 Å². The molecule has 1 amide bonds. The van der Waals surface area contributed by atoms with E-state index in [1.165, 1.54) is 10.9 Å². The Kier molecular flexibility index (Phi) is 3.25. The van der Waals surface area contributed by atoms with Gasteiger partial charge in [0.15, 0.2) is 0 Å². The van der Waals surface area contributed by atoms with Crippen LogP contribution in [0.1, 0.15) is 0 Å². The number of hydrogen-bond donors (Lipinski definition) is 1. The summed E-state index contributed by atoms with van der Waals surface area (Å²) in [6.45, 7) is -0.242. The number of rotatable bonds is 3. The molecule has 0 saturated heterocycles. The quantitative estimate of drug-likeness (QED) is 0.833. The normalized spacial score (nSPS) is 9.72. The fourth-order valence-electron chi connectivity index (χ4n) is 1.59. The lowest BCUT2D eigenvalue weighted by molar-refractivity contribution is 0.202. The summed E-state index contributed by atoms with van der Waals surface area (Å²) in [5.74, 6) is 0.343. The van der Waals surface area contributed by atoms with Gasteiger partial charge in [0.05, 0.1) is 18.0 Å². The number of anilines is 1. The maximum Gasteiger partial charge on any atom is 0.413 e. The van der Waals surface area contributed by atoms with E-state index in [1.807, 2.05) is 36.4 Å². The Bertz CT molecular complexity index is 586. The van der Waals surface area contributed by atoms with Crippen molar-refractivity contribution < 1.29 is 9.90 Å². The van der Waals surface area contributed by atoms with E-state index in [0.29, 0.717) is 5.82 Å². The van der Waals surface area contributed by atoms with Crippen LogP contribution in [-0.4, -0.2) is 27.5 Å². The highest BCUT2D eigenvalue weighted by Crippen LogP contribution is 2.18. The molecular weight excluding hydrogens is 232 g/mol. The number of benzene rings is 1. The molecule has 1 aromatic heterocycles. The fourth-order valence-corrected chi connectivity index (χ4v) is 1.59. The van der Waals surface area contributed by atoms with E-state index in [9.17, 15) is 4.79 Å². The molecule has 1 aromatic carbocycles. The first kappa shape index (κ1) is 11.7. The lowest BCUT2D eigenvalue weighted by Crippen LogP contribution is -2.31. The first-order valence-corrected chi connectivity index (χ1v) is 5.21. The summed E-state index contributed by atoms with van der Waals surface area (Å²) in [6, 6.07) is 12.5. The topological polar surface area (TPSA) is 82.2 Å². The van der Waals surface area contributed by atoms with E-state index >= 15 is 0 Å². The monoisotopic (exact) mass is 242 g/mol. The largest absolute Gasteiger partial charge is 0.465 e. The number of para-hydroxylation sites is 1. The van der Waals surface area contributed by atoms with E-state index < -0.39 is 6.09 Å². The molecule has 1 N–H and O–H groups in total. The Labute approximate surface area is 103 Å². The van der Waals surface area contributed by atoms with Crippen molar-refractivity contribution in [3.05, 3.63) is 42.6 Å². The third-order valence-electron chi connectivity index (χ3n) is 2.36. The predicted octanol–water partition coefficient (Wildman–Crippen LogP) is 1.88. The molecule has 6 nitrogen and oxygen atoms in total. The summed E-state index contributed by atoms with van der Waals surface area (Å²) in [5.41, 5.74) is 0.738. The number of carbonyl (C=O) groups is 1. The van der Waals surface area contributed by atoms with Crippen LogP contribution in [0.3, 0.4) is 0 Å². The van der Waals surface area contributed by atoms with Gasteiger partial charge in [-0.3, -0.25) is 0 Å². The molecule has 0 saturated carbocycles. The zero-order valence-electron chi connectivity index (χ0n) is 9.39. The van der Waals surface area contributed by atoms with Crippen molar-refractivity contribution in [1.29, 1.82) is 5.26 Å². The zero-order valence-corrected chi connectivity index (χ0v) is 9.39. The number of hydrogen-bond acceptors (Lipinski definition) is 3. The first-order chi connectivity index (χ1) is 8.74. The standard InChI is InChI=1S/C12H10N4O2/c13-7-9-15(12(17)18)11-6-8-14-16(11)10-4-2-1-3-5-10/h1-6,8H,9H2,(H,17,18). The van der Waals surface area contributed by atoms with Gasteiger partial charge in [0, 0.05) is 6.07 Å². The van der Waals surface area contributed by atoms with Crippen molar-refractivity contribution >= 4 is 11.9 Å². The molecule has 0 aliphatic heterocycles. The molecule has 0 aliphatic rings. The predicted molar refractivity (Wildman–Crippen MR) is 64.5 cm³/mol. The smallest absolute Gasteiger partial charge is 0.413 e. The van der Waals surface area contributed by atoms with Gasteiger partial charge in [-0.2, -0.15) is 10.4 Å². The maximum absolute atomic E-state index is 11.1. The van der Waals surface area contributed by atoms with Crippen molar-refractivity contribution in [3.63, 3.8) is 0 Å². The summed E-state index contributed by atoms with van der Waals surface area (Å²) < 4.78 is 1.48. The summed E-state index contributed by atoms with van der Waals surface area (Å²) in [5, 5.41) is 21.8. The van der Waals surface area contributed by atoms with Gasteiger partial charge in [-0.1, -0.05) is 18.2 Å². The van der Waals surface area contributed by atoms with Crippen molar-refractivity contribution in [3.8, 4) is 11.8 Å². The second-order valence-electron chi connectivity index (χ2n) is 3.46. The molecular formula is C12H10N4O2. The zero-order chi connectivity index (χ0) is 13.0. The molecule has 2 rings (SSSR count). The van der Waals surface area contributed by atoms with Gasteiger partial charge in [-0.15, -0.1) is 0 Å². The van der Waals surface area contributed by atoms with Crippen LogP contribution >= 0.6 is 0 Å². The minimum atomic E-state index is -1.19. The Morgan fingerprint density at radius 1 is 1.39 bits per heavy atom. The van der Waals surface area contributed by atoms with E-state index in [1.54, 1.807) is 6.07 Å². The molecule has 0 radical (unpaired) electrons. The lowest BCUT2D eigenvalue weighted by Gasteiger charge is -2.16. The third kappa shape index (κ3) is 2.15. The van der Waals surface area contributed by atoms with Gasteiger partial charge in [0.25, 0.3) is 0 Å². The molecule has 0 aliphatic carbocycles. The third-order valence-corrected chi connectivity index (χ3v) is 2.36. The number of amides is 1. The molecule has 1 heterocycles. The average molecular weight is 242 g/mol. The van der Waals surface area contributed by atoms with Crippen LogP contribution in [0.15, 0.2) is 42.6 Å². The molecule has 18 heavy (non-hydrogen) atoms. The van der Waals surface area contributed by atoms with Gasteiger partial charge in [0.1, 0.15) is 12.4 Å². The van der Waals surface area contributed by atoms with Gasteiger partial charge in [-0.25, -0.2) is 14.4 Å². The fraction of sp³-hybridized carbons (Fsp3) is 0.0833. The van der Waals surface area contributed by atoms with Crippen molar-refractivity contribution in [2.24, 2.45) is 0 Å². The van der Waals surface area contributed by atoms with Crippen LogP contribution in [0.5, 0.6) is 0 Å². The van der Waals surface area contributed by atoms with Gasteiger partial charge < -0.3 is 5.11 Å². The molecule has 6 heteroatoms. The minimum Gasteiger partial charge on any atom is -0.465 e. The van der Waals surface area contributed by atoms with Crippen LogP contribution in [0.2, 0.25) is 0 Å². The summed E-state index contributed by atoms with van der Waals surface area (Å²) in [4.78, 5) is 12.0. The second-order valence-corrected chi connectivity index (χ2v) is 3.46. The Morgan fingerprint density at radius 3 is 2.72 bits per heavy atom.